The molecule has 2 aromatic rings. The van der Waals surface area contributed by atoms with Crippen molar-refractivity contribution in [3.63, 3.8) is 0 Å². The predicted octanol–water partition coefficient (Wildman–Crippen LogP) is -1.88. The lowest BCUT2D eigenvalue weighted by Gasteiger charge is -2.30. The molecule has 57 heavy (non-hydrogen) atoms. The van der Waals surface area contributed by atoms with Crippen molar-refractivity contribution in [2.24, 2.45) is 16.9 Å². The highest BCUT2D eigenvalue weighted by atomic mass is 32.2. The maximum atomic E-state index is 12.7. The fourth-order valence-electron chi connectivity index (χ4n) is 5.02. The van der Waals surface area contributed by atoms with Crippen LogP contribution in [0, 0.1) is 5.41 Å². The number of aromatic nitrogens is 4. The molecule has 0 aliphatic carbocycles. The summed E-state index contributed by atoms with van der Waals surface area (Å²) in [5.74, 6) is -1.23. The van der Waals surface area contributed by atoms with Crippen molar-refractivity contribution in [1.82, 2.24) is 30.2 Å². The van der Waals surface area contributed by atoms with Gasteiger partial charge in [-0.15, -0.1) is 0 Å². The van der Waals surface area contributed by atoms with Crippen LogP contribution in [0.15, 0.2) is 12.7 Å². The summed E-state index contributed by atoms with van der Waals surface area (Å²) in [7, 11) is -16.4. The number of aliphatic hydroxyl groups excluding tert-OH is 2. The van der Waals surface area contributed by atoms with E-state index in [1.807, 2.05) is 0 Å². The first-order valence-electron chi connectivity index (χ1n) is 17.0. The number of unbranched alkanes of at least 4 members (excludes halogenated alkanes) is 1. The number of phosphoric acid groups is 3. The maximum Gasteiger partial charge on any atom is 0.481 e. The number of carbonyl (C=O) groups excluding carboxylic acids is 3. The monoisotopic (exact) mass is 895 g/mol. The molecule has 3 rings (SSSR count). The van der Waals surface area contributed by atoms with Crippen molar-refractivity contribution < 1.29 is 80.5 Å². The van der Waals surface area contributed by atoms with Gasteiger partial charge in [-0.25, -0.2) is 28.6 Å². The predicted molar refractivity (Wildman–Crippen MR) is 198 cm³/mol. The highest BCUT2D eigenvalue weighted by Gasteiger charge is 2.50. The molecule has 0 spiro atoms. The minimum Gasteiger partial charge on any atom is -0.386 e. The quantitative estimate of drug-likeness (QED) is 0.0406. The number of carbonyl (C=O) groups is 3. The molecule has 0 bridgehead atoms. The Kier molecular flexibility index (Phi) is 18.1. The fraction of sp³-hybridized carbons (Fsp3) is 0.704. The molecule has 1 fully saturated rings. The normalized spacial score (nSPS) is 22.1. The topological polar surface area (TPSA) is 416 Å². The summed E-state index contributed by atoms with van der Waals surface area (Å²) in [5, 5.41) is 26.1. The summed E-state index contributed by atoms with van der Waals surface area (Å²) < 4.78 is 62.1. The van der Waals surface area contributed by atoms with Crippen LogP contribution in [0.1, 0.15) is 45.8 Å². The number of ether oxygens (including phenoxy) is 1. The smallest absolute Gasteiger partial charge is 0.386 e. The van der Waals surface area contributed by atoms with Crippen LogP contribution in [0.3, 0.4) is 0 Å². The highest BCUT2D eigenvalue weighted by Crippen LogP contribution is 2.61. The van der Waals surface area contributed by atoms with Crippen molar-refractivity contribution in [3.05, 3.63) is 12.7 Å². The first-order chi connectivity index (χ1) is 26.5. The molecule has 2 aromatic heterocycles. The Morgan fingerprint density at radius 3 is 2.40 bits per heavy atom. The Labute approximate surface area is 329 Å². The lowest BCUT2D eigenvalue weighted by atomic mass is 9.87. The fourth-order valence-corrected chi connectivity index (χ4v) is 8.58. The standard InChI is InChI=1S/C27H48N9O17P3S/c1-27(2,21(39)24(40)32-8-6-17(37)31-9-10-57-26(41)15(29)5-3-4-7-28)12-50-56(47,48)53-55(45,46)49-11-16-20(52-54(42,43)44)19(38)25(51-16)36-14-35-18-22(30)33-13-34-23(18)36/h13-16,19-21,25,38-39H,3-12,28-29H2,1-2H3,(H,31,37)(H,32,40)(H,45,46)(H,47,48)(H2,30,33,34)(H2,42,43,44)/t15-,16?,19?,20?,21?,25?/m0/s1. The summed E-state index contributed by atoms with van der Waals surface area (Å²) in [4.78, 5) is 87.7. The third-order valence-corrected chi connectivity index (χ3v) is 12.1. The van der Waals surface area contributed by atoms with Gasteiger partial charge in [0.2, 0.25) is 16.9 Å². The number of thioether (sulfide) groups is 1. The van der Waals surface area contributed by atoms with Gasteiger partial charge in [0.05, 0.1) is 25.6 Å². The molecule has 14 N–H and O–H groups in total. The Bertz CT molecular complexity index is 1840. The van der Waals surface area contributed by atoms with Crippen LogP contribution in [-0.4, -0.2) is 135 Å². The molecule has 7 unspecified atom stereocenters. The second-order valence-corrected chi connectivity index (χ2v) is 18.5. The number of nitrogens with one attached hydrogen (secondary N) is 2. The zero-order chi connectivity index (χ0) is 42.8. The molecule has 30 heteroatoms. The van der Waals surface area contributed by atoms with E-state index in [9.17, 15) is 57.9 Å². The summed E-state index contributed by atoms with van der Waals surface area (Å²) in [6, 6.07) is -0.630. The first kappa shape index (κ1) is 48.8. The van der Waals surface area contributed by atoms with Gasteiger partial charge in [-0.1, -0.05) is 32.0 Å². The molecule has 0 aromatic carbocycles. The number of nitrogens with two attached hydrogens (primary N) is 3. The van der Waals surface area contributed by atoms with Gasteiger partial charge < -0.3 is 62.4 Å². The molecular weight excluding hydrogens is 847 g/mol. The molecule has 8 atom stereocenters. The van der Waals surface area contributed by atoms with Gasteiger partial charge in [0.1, 0.15) is 36.3 Å². The Balaban J connectivity index is 1.47. The minimum absolute atomic E-state index is 0.0269. The zero-order valence-electron chi connectivity index (χ0n) is 30.6. The lowest BCUT2D eigenvalue weighted by molar-refractivity contribution is -0.137. The van der Waals surface area contributed by atoms with Crippen LogP contribution in [-0.2, 0) is 50.7 Å². The Morgan fingerprint density at radius 2 is 1.74 bits per heavy atom. The van der Waals surface area contributed by atoms with Crippen LogP contribution in [0.4, 0.5) is 5.82 Å². The Hall–Kier alpha value is -2.52. The zero-order valence-corrected chi connectivity index (χ0v) is 34.1. The van der Waals surface area contributed by atoms with Gasteiger partial charge in [-0.2, -0.15) is 4.31 Å². The number of nitrogens with zero attached hydrogens (tertiary/aromatic N) is 4. The van der Waals surface area contributed by atoms with Crippen molar-refractivity contribution >= 4 is 69.1 Å². The molecule has 26 nitrogen and oxygen atoms in total. The number of fused-ring (bicyclic) bond motifs is 1. The molecule has 3 heterocycles. The molecule has 1 aliphatic heterocycles. The maximum absolute atomic E-state index is 12.7. The molecule has 1 aliphatic rings. The lowest BCUT2D eigenvalue weighted by Crippen LogP contribution is -2.46. The van der Waals surface area contributed by atoms with Gasteiger partial charge in [-0.3, -0.25) is 32.5 Å². The summed E-state index contributed by atoms with van der Waals surface area (Å²) >= 11 is 0.980. The van der Waals surface area contributed by atoms with E-state index in [4.69, 9.17) is 31.0 Å². The van der Waals surface area contributed by atoms with Crippen molar-refractivity contribution in [1.29, 1.82) is 0 Å². The van der Waals surface area contributed by atoms with Crippen molar-refractivity contribution in [3.8, 4) is 0 Å². The van der Waals surface area contributed by atoms with Crippen LogP contribution in [0.5, 0.6) is 0 Å². The van der Waals surface area contributed by atoms with Crippen LogP contribution >= 0.6 is 35.2 Å². The molecule has 2 amide bonds. The molecular formula is C27H48N9O17P3S. The van der Waals surface area contributed by atoms with Crippen molar-refractivity contribution in [2.45, 2.75) is 76.2 Å². The van der Waals surface area contributed by atoms with E-state index >= 15 is 0 Å². The van der Waals surface area contributed by atoms with Crippen LogP contribution in [0.25, 0.3) is 11.2 Å². The van der Waals surface area contributed by atoms with Gasteiger partial charge in [0.15, 0.2) is 17.7 Å². The number of anilines is 1. The number of aliphatic hydroxyl groups is 2. The minimum atomic E-state index is -5.58. The first-order valence-corrected chi connectivity index (χ1v) is 22.5. The van der Waals surface area contributed by atoms with E-state index in [0.717, 1.165) is 41.8 Å². The summed E-state index contributed by atoms with van der Waals surface area (Å²) in [6.07, 6.45) is -4.99. The molecule has 0 saturated carbocycles. The van der Waals surface area contributed by atoms with Crippen molar-refractivity contribution in [2.75, 3.05) is 44.3 Å². The van der Waals surface area contributed by atoms with E-state index in [1.165, 1.54) is 13.8 Å². The van der Waals surface area contributed by atoms with Gasteiger partial charge in [0.25, 0.3) is 0 Å². The largest absolute Gasteiger partial charge is 0.481 e. The van der Waals surface area contributed by atoms with Gasteiger partial charge in [-0.05, 0) is 19.4 Å². The SMILES string of the molecule is CC(C)(COP(=O)(O)OP(=O)(O)OCC1OC(n2cnc3c(N)ncnc32)C(O)C1OP(=O)(O)O)C(O)C(=O)NCCC(=O)NCCSC(=O)[C@@H](N)CCCCN. The van der Waals surface area contributed by atoms with E-state index in [0.29, 0.717) is 13.0 Å². The van der Waals surface area contributed by atoms with E-state index in [2.05, 4.69) is 34.4 Å². The van der Waals surface area contributed by atoms with Gasteiger partial charge in [0, 0.05) is 30.7 Å². The summed E-state index contributed by atoms with van der Waals surface area (Å²) in [6.45, 7) is 0.897. The second kappa shape index (κ2) is 21.1. The molecule has 1 saturated heterocycles. The van der Waals surface area contributed by atoms with E-state index in [1.54, 1.807) is 0 Å². The third kappa shape index (κ3) is 15.2. The Morgan fingerprint density at radius 1 is 1.05 bits per heavy atom. The van der Waals surface area contributed by atoms with E-state index in [-0.39, 0.29) is 47.4 Å². The third-order valence-electron chi connectivity index (χ3n) is 8.02. The number of amides is 2. The number of nitrogen functional groups attached to an aromatic ring is 1. The molecule has 0 radical (unpaired) electrons. The number of hydrogen-bond donors (Lipinski definition) is 11. The highest BCUT2D eigenvalue weighted by molar-refractivity contribution is 8.13. The molecule has 324 valence electrons. The number of rotatable bonds is 24. The number of imidazole rings is 1. The van der Waals surface area contributed by atoms with Crippen LogP contribution in [0.2, 0.25) is 0 Å². The number of hydrogen-bond acceptors (Lipinski definition) is 20. The summed E-state index contributed by atoms with van der Waals surface area (Å²) in [5.41, 5.74) is 15.5. The second-order valence-electron chi connectivity index (χ2n) is 13.1. The average Bonchev–Trinajstić information content (AvgIpc) is 3.68. The van der Waals surface area contributed by atoms with E-state index < -0.39 is 90.6 Å². The number of phosphoric ester groups is 3. The van der Waals surface area contributed by atoms with Crippen LogP contribution < -0.4 is 27.8 Å². The average molecular weight is 896 g/mol. The van der Waals surface area contributed by atoms with Gasteiger partial charge >= 0.3 is 23.5 Å².